The lowest BCUT2D eigenvalue weighted by Gasteiger charge is -2.21. The number of hydrogen-bond donors (Lipinski definition) is 2. The van der Waals surface area contributed by atoms with Crippen LogP contribution in [-0.2, 0) is 9.47 Å². The molecule has 0 spiro atoms. The highest BCUT2D eigenvalue weighted by Crippen LogP contribution is 2.09. The number of hydrogen-bond acceptors (Lipinski definition) is 4. The van der Waals surface area contributed by atoms with Crippen molar-refractivity contribution in [3.05, 3.63) is 0 Å². The fourth-order valence-electron chi connectivity index (χ4n) is 3.14. The van der Waals surface area contributed by atoms with Crippen molar-refractivity contribution in [2.45, 2.75) is 38.7 Å². The zero-order valence-corrected chi connectivity index (χ0v) is 14.9. The highest BCUT2D eigenvalue weighted by molar-refractivity contribution is 5.79. The molecule has 2 atom stereocenters. The van der Waals surface area contributed by atoms with Gasteiger partial charge in [0.2, 0.25) is 0 Å². The smallest absolute Gasteiger partial charge is 0.190 e. The summed E-state index contributed by atoms with van der Waals surface area (Å²) in [6.45, 7) is 10.2. The molecule has 0 saturated carbocycles. The second-order valence-electron chi connectivity index (χ2n) is 6.70. The Balaban J connectivity index is 1.48. The molecule has 2 unspecified atom stereocenters. The Labute approximate surface area is 141 Å². The number of nitrogens with zero attached hydrogens (tertiary/aromatic N) is 2. The molecule has 6 heteroatoms. The van der Waals surface area contributed by atoms with Crippen LogP contribution in [0, 0.1) is 5.92 Å². The first-order valence-electron chi connectivity index (χ1n) is 9.14. The van der Waals surface area contributed by atoms with Gasteiger partial charge in [-0.3, -0.25) is 4.99 Å². The molecular formula is C17H34N4O2. The normalized spacial score (nSPS) is 24.1. The van der Waals surface area contributed by atoms with Crippen molar-refractivity contribution in [3.8, 4) is 0 Å². The van der Waals surface area contributed by atoms with E-state index in [4.69, 9.17) is 9.47 Å². The topological polar surface area (TPSA) is 58.1 Å². The molecule has 2 heterocycles. The highest BCUT2D eigenvalue weighted by atomic mass is 16.5. The van der Waals surface area contributed by atoms with Gasteiger partial charge in [0.05, 0.1) is 12.7 Å². The predicted octanol–water partition coefficient (Wildman–Crippen LogP) is 1.08. The number of ether oxygens (including phenoxy) is 2. The van der Waals surface area contributed by atoms with Crippen molar-refractivity contribution in [2.75, 3.05) is 59.6 Å². The molecule has 2 aliphatic heterocycles. The fraction of sp³-hybridized carbons (Fsp3) is 0.941. The average molecular weight is 326 g/mol. The standard InChI is InChI=1S/C17H34N4O2/c1-15(13-21-8-3-4-9-21)12-20-17(18-2)19-7-5-10-23-16-6-11-22-14-16/h15-16H,3-14H2,1-2H3,(H2,18,19,20). The van der Waals surface area contributed by atoms with Crippen LogP contribution >= 0.6 is 0 Å². The Kier molecular flexibility index (Phi) is 8.71. The highest BCUT2D eigenvalue weighted by Gasteiger charge is 2.16. The summed E-state index contributed by atoms with van der Waals surface area (Å²) in [7, 11) is 1.83. The second kappa shape index (κ2) is 10.8. The largest absolute Gasteiger partial charge is 0.379 e. The number of nitrogens with one attached hydrogen (secondary N) is 2. The van der Waals surface area contributed by atoms with Crippen molar-refractivity contribution in [1.82, 2.24) is 15.5 Å². The van der Waals surface area contributed by atoms with E-state index in [1.54, 1.807) is 0 Å². The summed E-state index contributed by atoms with van der Waals surface area (Å²) in [6, 6.07) is 0. The summed E-state index contributed by atoms with van der Waals surface area (Å²) in [6.07, 6.45) is 5.04. The van der Waals surface area contributed by atoms with Gasteiger partial charge in [0.15, 0.2) is 5.96 Å². The molecule has 2 fully saturated rings. The monoisotopic (exact) mass is 326 g/mol. The fourth-order valence-corrected chi connectivity index (χ4v) is 3.14. The van der Waals surface area contributed by atoms with Crippen LogP contribution in [0.15, 0.2) is 4.99 Å². The van der Waals surface area contributed by atoms with Crippen molar-refractivity contribution >= 4 is 5.96 Å². The number of rotatable bonds is 9. The Morgan fingerprint density at radius 1 is 1.35 bits per heavy atom. The third-order valence-corrected chi connectivity index (χ3v) is 4.47. The minimum Gasteiger partial charge on any atom is -0.379 e. The van der Waals surface area contributed by atoms with Crippen molar-refractivity contribution in [2.24, 2.45) is 10.9 Å². The van der Waals surface area contributed by atoms with E-state index in [9.17, 15) is 0 Å². The minimum atomic E-state index is 0.305. The summed E-state index contributed by atoms with van der Waals surface area (Å²) < 4.78 is 11.1. The van der Waals surface area contributed by atoms with Crippen LogP contribution in [0.1, 0.15) is 32.6 Å². The van der Waals surface area contributed by atoms with Crippen molar-refractivity contribution < 1.29 is 9.47 Å². The maximum atomic E-state index is 5.76. The van der Waals surface area contributed by atoms with Crippen LogP contribution in [-0.4, -0.2) is 76.6 Å². The lowest BCUT2D eigenvalue weighted by molar-refractivity contribution is 0.0420. The van der Waals surface area contributed by atoms with Gasteiger partial charge in [0.25, 0.3) is 0 Å². The zero-order valence-electron chi connectivity index (χ0n) is 14.9. The summed E-state index contributed by atoms with van der Waals surface area (Å²) in [5, 5.41) is 6.78. The molecule has 0 aliphatic carbocycles. The third kappa shape index (κ3) is 7.50. The van der Waals surface area contributed by atoms with Crippen LogP contribution < -0.4 is 10.6 Å². The SMILES string of the molecule is CN=C(NCCCOC1CCOC1)NCC(C)CN1CCCC1. The average Bonchev–Trinajstić information content (AvgIpc) is 3.23. The molecule has 2 saturated heterocycles. The molecule has 0 aromatic rings. The van der Waals surface area contributed by atoms with Gasteiger partial charge in [-0.25, -0.2) is 0 Å². The van der Waals surface area contributed by atoms with Crippen LogP contribution in [0.5, 0.6) is 0 Å². The predicted molar refractivity (Wildman–Crippen MR) is 94.0 cm³/mol. The molecule has 2 N–H and O–H groups in total. The van der Waals surface area contributed by atoms with Gasteiger partial charge in [-0.2, -0.15) is 0 Å². The van der Waals surface area contributed by atoms with Gasteiger partial charge in [-0.1, -0.05) is 6.92 Å². The first-order chi connectivity index (χ1) is 11.3. The van der Waals surface area contributed by atoms with E-state index in [2.05, 4.69) is 27.4 Å². The van der Waals surface area contributed by atoms with Gasteiger partial charge in [0, 0.05) is 39.9 Å². The summed E-state index contributed by atoms with van der Waals surface area (Å²) in [4.78, 5) is 6.85. The molecule has 6 nitrogen and oxygen atoms in total. The van der Waals surface area contributed by atoms with Crippen molar-refractivity contribution in [3.63, 3.8) is 0 Å². The third-order valence-electron chi connectivity index (χ3n) is 4.47. The first-order valence-corrected chi connectivity index (χ1v) is 9.14. The Hall–Kier alpha value is -0.850. The van der Waals surface area contributed by atoms with Crippen molar-refractivity contribution in [1.29, 1.82) is 0 Å². The van der Waals surface area contributed by atoms with E-state index in [0.29, 0.717) is 12.0 Å². The summed E-state index contributed by atoms with van der Waals surface area (Å²) >= 11 is 0. The maximum Gasteiger partial charge on any atom is 0.190 e. The molecule has 0 amide bonds. The van der Waals surface area contributed by atoms with Crippen LogP contribution in [0.4, 0.5) is 0 Å². The van der Waals surface area contributed by atoms with E-state index in [1.807, 2.05) is 7.05 Å². The van der Waals surface area contributed by atoms with Crippen LogP contribution in [0.25, 0.3) is 0 Å². The molecule has 2 rings (SSSR count). The van der Waals surface area contributed by atoms with Crippen LogP contribution in [0.3, 0.4) is 0 Å². The molecule has 134 valence electrons. The van der Waals surface area contributed by atoms with E-state index in [-0.39, 0.29) is 0 Å². The van der Waals surface area contributed by atoms with Gasteiger partial charge in [0.1, 0.15) is 0 Å². The molecule has 2 aliphatic rings. The molecular weight excluding hydrogens is 292 g/mol. The van der Waals surface area contributed by atoms with Crippen LogP contribution in [0.2, 0.25) is 0 Å². The molecule has 23 heavy (non-hydrogen) atoms. The number of guanidine groups is 1. The maximum absolute atomic E-state index is 5.76. The Bertz CT molecular complexity index is 339. The van der Waals surface area contributed by atoms with Gasteiger partial charge in [-0.15, -0.1) is 0 Å². The van der Waals surface area contributed by atoms with E-state index >= 15 is 0 Å². The Morgan fingerprint density at radius 2 is 2.17 bits per heavy atom. The van der Waals surface area contributed by atoms with Gasteiger partial charge >= 0.3 is 0 Å². The van der Waals surface area contributed by atoms with E-state index < -0.39 is 0 Å². The Morgan fingerprint density at radius 3 is 2.87 bits per heavy atom. The number of likely N-dealkylation sites (tertiary alicyclic amines) is 1. The molecule has 0 bridgehead atoms. The lowest BCUT2D eigenvalue weighted by atomic mass is 10.1. The van der Waals surface area contributed by atoms with Gasteiger partial charge in [-0.05, 0) is 44.7 Å². The van der Waals surface area contributed by atoms with E-state index in [1.165, 1.54) is 32.5 Å². The summed E-state index contributed by atoms with van der Waals surface area (Å²) in [5.41, 5.74) is 0. The summed E-state index contributed by atoms with van der Waals surface area (Å²) in [5.74, 6) is 1.53. The number of aliphatic imine (C=N–C) groups is 1. The first kappa shape index (κ1) is 18.5. The lowest BCUT2D eigenvalue weighted by Crippen LogP contribution is -2.41. The van der Waals surface area contributed by atoms with Gasteiger partial charge < -0.3 is 25.0 Å². The quantitative estimate of drug-likeness (QED) is 0.377. The zero-order chi connectivity index (χ0) is 16.3. The second-order valence-corrected chi connectivity index (χ2v) is 6.70. The minimum absolute atomic E-state index is 0.305. The van der Waals surface area contributed by atoms with E-state index in [0.717, 1.165) is 51.7 Å². The molecule has 0 aromatic carbocycles. The molecule has 0 aromatic heterocycles. The molecule has 0 radical (unpaired) electrons.